The predicted molar refractivity (Wildman–Crippen MR) is 108 cm³/mol. The zero-order valence-electron chi connectivity index (χ0n) is 15.8. The summed E-state index contributed by atoms with van der Waals surface area (Å²) in [4.78, 5) is 26.0. The summed E-state index contributed by atoms with van der Waals surface area (Å²) in [7, 11) is 0. The smallest absolute Gasteiger partial charge is 0.414 e. The number of hydrogen-bond acceptors (Lipinski definition) is 4. The van der Waals surface area contributed by atoms with Crippen LogP contribution in [0.4, 0.5) is 10.5 Å². The number of rotatable bonds is 4. The first-order valence-corrected chi connectivity index (χ1v) is 9.95. The lowest BCUT2D eigenvalue weighted by Gasteiger charge is -2.18. The quantitative estimate of drug-likeness (QED) is 0.730. The number of nitrogens with zero attached hydrogens (tertiary/aromatic N) is 2. The largest absolute Gasteiger partial charge is 0.442 e. The van der Waals surface area contributed by atoms with Crippen molar-refractivity contribution in [1.82, 2.24) is 9.88 Å². The van der Waals surface area contributed by atoms with Gasteiger partial charge in [0.2, 0.25) is 5.91 Å². The molecule has 0 spiro atoms. The first kappa shape index (κ1) is 19.0. The number of aromatic nitrogens is 1. The molecule has 0 saturated carbocycles. The standard InChI is InChI=1S/C20H22BrN3O4/c1-20(2,21)18(25)22-9-16-10-24(19(26)28-16)14-6-5-13-11-27-12-15-4-3-7-23(15)17(13)8-14/h3-8,16H,9-12H2,1-2H3,(H,22,25)/t16-/m0/s1. The molecule has 3 heterocycles. The summed E-state index contributed by atoms with van der Waals surface area (Å²) in [6.45, 7) is 5.27. The van der Waals surface area contributed by atoms with Gasteiger partial charge in [-0.2, -0.15) is 0 Å². The number of benzene rings is 1. The molecule has 2 amide bonds. The summed E-state index contributed by atoms with van der Waals surface area (Å²) in [6, 6.07) is 9.87. The lowest BCUT2D eigenvalue weighted by atomic mass is 10.1. The van der Waals surface area contributed by atoms with Crippen LogP contribution in [0.2, 0.25) is 0 Å². The van der Waals surface area contributed by atoms with E-state index in [1.54, 1.807) is 18.7 Å². The minimum atomic E-state index is -0.664. The highest BCUT2D eigenvalue weighted by Gasteiger charge is 2.34. The summed E-state index contributed by atoms with van der Waals surface area (Å²) in [6.07, 6.45) is 1.19. The van der Waals surface area contributed by atoms with Crippen LogP contribution in [0.1, 0.15) is 25.1 Å². The van der Waals surface area contributed by atoms with E-state index in [2.05, 4.69) is 25.8 Å². The summed E-state index contributed by atoms with van der Waals surface area (Å²) >= 11 is 3.32. The molecular formula is C20H22BrN3O4. The molecule has 1 fully saturated rings. The van der Waals surface area contributed by atoms with E-state index in [0.29, 0.717) is 19.8 Å². The lowest BCUT2D eigenvalue weighted by molar-refractivity contribution is -0.122. The van der Waals surface area contributed by atoms with E-state index >= 15 is 0 Å². The van der Waals surface area contributed by atoms with Gasteiger partial charge in [-0.25, -0.2) is 4.79 Å². The van der Waals surface area contributed by atoms with Crippen molar-refractivity contribution >= 4 is 33.6 Å². The molecule has 2 aliphatic rings. The molecule has 1 N–H and O–H groups in total. The van der Waals surface area contributed by atoms with Crippen molar-refractivity contribution in [1.29, 1.82) is 0 Å². The first-order valence-electron chi connectivity index (χ1n) is 9.15. The number of halogens is 1. The zero-order valence-corrected chi connectivity index (χ0v) is 17.4. The molecule has 1 aromatic heterocycles. The Balaban J connectivity index is 1.52. The van der Waals surface area contributed by atoms with Crippen molar-refractivity contribution in [3.05, 3.63) is 47.8 Å². The molecule has 1 saturated heterocycles. The molecule has 1 aromatic carbocycles. The average molecular weight is 448 g/mol. The highest BCUT2D eigenvalue weighted by atomic mass is 79.9. The van der Waals surface area contributed by atoms with E-state index in [9.17, 15) is 9.59 Å². The van der Waals surface area contributed by atoms with Gasteiger partial charge in [0.25, 0.3) is 0 Å². The van der Waals surface area contributed by atoms with Crippen LogP contribution in [-0.4, -0.2) is 40.1 Å². The minimum absolute atomic E-state index is 0.146. The second kappa shape index (κ2) is 7.25. The number of fused-ring (bicyclic) bond motifs is 3. The molecule has 2 aromatic rings. The third-order valence-corrected chi connectivity index (χ3v) is 5.25. The molecule has 0 unspecified atom stereocenters. The number of anilines is 1. The second-order valence-corrected chi connectivity index (χ2v) is 9.46. The average Bonchev–Trinajstić information content (AvgIpc) is 3.21. The number of alkyl halides is 1. The Kier molecular flexibility index (Phi) is 4.93. The number of nitrogens with one attached hydrogen (secondary N) is 1. The van der Waals surface area contributed by atoms with Crippen LogP contribution in [0.5, 0.6) is 0 Å². The normalized spacial score (nSPS) is 18.9. The number of carbonyl (C=O) groups is 2. The maximum absolute atomic E-state index is 12.4. The third-order valence-electron chi connectivity index (χ3n) is 4.89. The molecule has 28 heavy (non-hydrogen) atoms. The molecule has 4 rings (SSSR count). The maximum Gasteiger partial charge on any atom is 0.414 e. The summed E-state index contributed by atoms with van der Waals surface area (Å²) in [5.74, 6) is -0.146. The highest BCUT2D eigenvalue weighted by molar-refractivity contribution is 9.10. The number of ether oxygens (including phenoxy) is 2. The molecule has 0 bridgehead atoms. The second-order valence-electron chi connectivity index (χ2n) is 7.47. The summed E-state index contributed by atoms with van der Waals surface area (Å²) in [5.41, 5.74) is 3.90. The number of carbonyl (C=O) groups excluding carboxylic acids is 2. The van der Waals surface area contributed by atoms with Crippen LogP contribution in [0.3, 0.4) is 0 Å². The van der Waals surface area contributed by atoms with E-state index < -0.39 is 16.5 Å². The van der Waals surface area contributed by atoms with Gasteiger partial charge in [0.05, 0.1) is 36.3 Å². The van der Waals surface area contributed by atoms with Crippen LogP contribution in [0.25, 0.3) is 5.69 Å². The Morgan fingerprint density at radius 2 is 2.14 bits per heavy atom. The summed E-state index contributed by atoms with van der Waals surface area (Å²) < 4.78 is 12.6. The van der Waals surface area contributed by atoms with Gasteiger partial charge in [-0.3, -0.25) is 9.69 Å². The Labute approximate surface area is 171 Å². The highest BCUT2D eigenvalue weighted by Crippen LogP contribution is 2.30. The van der Waals surface area contributed by atoms with Crippen molar-refractivity contribution in [2.75, 3.05) is 18.0 Å². The van der Waals surface area contributed by atoms with E-state index in [4.69, 9.17) is 9.47 Å². The van der Waals surface area contributed by atoms with Crippen molar-refractivity contribution in [3.8, 4) is 5.69 Å². The Bertz CT molecular complexity index is 918. The third kappa shape index (κ3) is 3.66. The van der Waals surface area contributed by atoms with Gasteiger partial charge in [-0.15, -0.1) is 0 Å². The monoisotopic (exact) mass is 447 g/mol. The van der Waals surface area contributed by atoms with Gasteiger partial charge in [0.1, 0.15) is 6.10 Å². The summed E-state index contributed by atoms with van der Waals surface area (Å²) in [5, 5.41) is 2.81. The molecule has 1 atom stereocenters. The van der Waals surface area contributed by atoms with E-state index in [-0.39, 0.29) is 12.5 Å². The number of amides is 2. The molecule has 7 nitrogen and oxygen atoms in total. The van der Waals surface area contributed by atoms with Crippen LogP contribution in [-0.2, 0) is 27.5 Å². The number of cyclic esters (lactones) is 1. The zero-order chi connectivity index (χ0) is 19.9. The van der Waals surface area contributed by atoms with Gasteiger partial charge in [0, 0.05) is 23.1 Å². The Morgan fingerprint density at radius 3 is 2.93 bits per heavy atom. The van der Waals surface area contributed by atoms with Gasteiger partial charge < -0.3 is 19.4 Å². The van der Waals surface area contributed by atoms with Crippen molar-refractivity contribution in [2.45, 2.75) is 37.5 Å². The number of hydrogen-bond donors (Lipinski definition) is 1. The van der Waals surface area contributed by atoms with Gasteiger partial charge in [0.15, 0.2) is 0 Å². The molecular weight excluding hydrogens is 426 g/mol. The van der Waals surface area contributed by atoms with Crippen molar-refractivity contribution in [3.63, 3.8) is 0 Å². The fraction of sp³-hybridized carbons (Fsp3) is 0.400. The SMILES string of the molecule is CC(C)(Br)C(=O)NC[C@H]1CN(c2ccc3c(c2)-n2cccc2COC3)C(=O)O1. The maximum atomic E-state index is 12.4. The van der Waals surface area contributed by atoms with Crippen LogP contribution in [0.15, 0.2) is 36.5 Å². The molecule has 8 heteroatoms. The fourth-order valence-electron chi connectivity index (χ4n) is 3.36. The molecule has 0 aliphatic carbocycles. The van der Waals surface area contributed by atoms with Gasteiger partial charge in [-0.1, -0.05) is 22.0 Å². The van der Waals surface area contributed by atoms with Crippen LogP contribution in [0, 0.1) is 0 Å². The minimum Gasteiger partial charge on any atom is -0.442 e. The van der Waals surface area contributed by atoms with Gasteiger partial charge >= 0.3 is 6.09 Å². The van der Waals surface area contributed by atoms with Crippen molar-refractivity contribution < 1.29 is 19.1 Å². The van der Waals surface area contributed by atoms with E-state index in [1.807, 2.05) is 36.5 Å². The fourth-order valence-corrected chi connectivity index (χ4v) is 3.50. The van der Waals surface area contributed by atoms with E-state index in [0.717, 1.165) is 22.6 Å². The van der Waals surface area contributed by atoms with Gasteiger partial charge in [-0.05, 0) is 38.1 Å². The molecule has 2 aliphatic heterocycles. The Hall–Kier alpha value is -2.32. The topological polar surface area (TPSA) is 72.8 Å². The van der Waals surface area contributed by atoms with E-state index in [1.165, 1.54) is 0 Å². The van der Waals surface area contributed by atoms with Crippen LogP contribution >= 0.6 is 15.9 Å². The first-order chi connectivity index (χ1) is 13.3. The lowest BCUT2D eigenvalue weighted by Crippen LogP contribution is -2.42. The Morgan fingerprint density at radius 1 is 1.32 bits per heavy atom. The predicted octanol–water partition coefficient (Wildman–Crippen LogP) is 3.12. The van der Waals surface area contributed by atoms with Crippen LogP contribution < -0.4 is 10.2 Å². The molecule has 148 valence electrons. The van der Waals surface area contributed by atoms with Crippen molar-refractivity contribution in [2.24, 2.45) is 0 Å². The molecule has 0 radical (unpaired) electrons.